The zero-order chi connectivity index (χ0) is 16.2. The van der Waals surface area contributed by atoms with Crippen LogP contribution in [0, 0.1) is 0 Å². The van der Waals surface area contributed by atoms with Gasteiger partial charge in [-0.05, 0) is 49.2 Å². The Balaban J connectivity index is 0.000000220. The van der Waals surface area contributed by atoms with Crippen LogP contribution in [-0.2, 0) is 22.7 Å². The Morgan fingerprint density at radius 3 is 1.23 bits per heavy atom. The zero-order valence-electron chi connectivity index (χ0n) is 13.2. The molecule has 0 fully saturated rings. The van der Waals surface area contributed by atoms with Crippen LogP contribution >= 0.6 is 0 Å². The monoisotopic (exact) mass is 304 g/mol. The second-order valence-corrected chi connectivity index (χ2v) is 4.61. The number of rotatable bonds is 6. The van der Waals surface area contributed by atoms with Gasteiger partial charge < -0.3 is 19.7 Å². The quantitative estimate of drug-likeness (QED) is 0.851. The number of aromatic hydroxyl groups is 2. The number of phenols is 2. The Morgan fingerprint density at radius 2 is 0.955 bits per heavy atom. The zero-order valence-corrected chi connectivity index (χ0v) is 13.2. The molecule has 0 radical (unpaired) electrons. The lowest BCUT2D eigenvalue weighted by Crippen LogP contribution is -1.90. The Morgan fingerprint density at radius 1 is 0.636 bits per heavy atom. The molecule has 2 aromatic carbocycles. The van der Waals surface area contributed by atoms with Crippen LogP contribution in [0.1, 0.15) is 25.0 Å². The first kappa shape index (κ1) is 18.0. The summed E-state index contributed by atoms with van der Waals surface area (Å²) >= 11 is 0. The molecule has 0 aromatic heterocycles. The van der Waals surface area contributed by atoms with Crippen LogP contribution in [0.5, 0.6) is 11.5 Å². The van der Waals surface area contributed by atoms with Gasteiger partial charge in [0.15, 0.2) is 0 Å². The van der Waals surface area contributed by atoms with E-state index in [9.17, 15) is 0 Å². The maximum absolute atomic E-state index is 8.94. The van der Waals surface area contributed by atoms with Gasteiger partial charge in [-0.25, -0.2) is 0 Å². The summed E-state index contributed by atoms with van der Waals surface area (Å²) < 4.78 is 10.4. The van der Waals surface area contributed by atoms with Gasteiger partial charge in [0.1, 0.15) is 11.5 Å². The molecule has 0 heterocycles. The summed E-state index contributed by atoms with van der Waals surface area (Å²) in [6.07, 6.45) is 0. The summed E-state index contributed by atoms with van der Waals surface area (Å²) in [6.45, 7) is 6.61. The van der Waals surface area contributed by atoms with Gasteiger partial charge in [-0.3, -0.25) is 0 Å². The predicted molar refractivity (Wildman–Crippen MR) is 86.9 cm³/mol. The number of hydrogen-bond donors (Lipinski definition) is 2. The van der Waals surface area contributed by atoms with E-state index in [1.54, 1.807) is 24.3 Å². The van der Waals surface area contributed by atoms with Crippen molar-refractivity contribution in [2.75, 3.05) is 13.2 Å². The predicted octanol–water partition coefficient (Wildman–Crippen LogP) is 3.86. The van der Waals surface area contributed by atoms with Crippen LogP contribution in [0.2, 0.25) is 0 Å². The van der Waals surface area contributed by atoms with Gasteiger partial charge in [-0.15, -0.1) is 0 Å². The van der Waals surface area contributed by atoms with Crippen molar-refractivity contribution in [1.29, 1.82) is 0 Å². The van der Waals surface area contributed by atoms with Gasteiger partial charge in [-0.2, -0.15) is 0 Å². The van der Waals surface area contributed by atoms with Gasteiger partial charge in [-0.1, -0.05) is 24.3 Å². The standard InChI is InChI=1S/2C9H12O2/c2*1-2-11-7-8-3-5-9(10)6-4-8/h2*3-6,10H,2,7H2,1H3. The second kappa shape index (κ2) is 10.7. The van der Waals surface area contributed by atoms with Gasteiger partial charge in [0.25, 0.3) is 0 Å². The van der Waals surface area contributed by atoms with Crippen molar-refractivity contribution in [2.24, 2.45) is 0 Å². The van der Waals surface area contributed by atoms with Crippen molar-refractivity contribution < 1.29 is 19.7 Å². The van der Waals surface area contributed by atoms with Crippen LogP contribution < -0.4 is 0 Å². The van der Waals surface area contributed by atoms with E-state index in [1.165, 1.54) is 0 Å². The van der Waals surface area contributed by atoms with Gasteiger partial charge in [0, 0.05) is 13.2 Å². The Bertz CT molecular complexity index is 456. The maximum atomic E-state index is 8.94. The first-order chi connectivity index (χ1) is 10.7. The highest BCUT2D eigenvalue weighted by Gasteiger charge is 1.92. The fourth-order valence-electron chi connectivity index (χ4n) is 1.62. The van der Waals surface area contributed by atoms with Gasteiger partial charge in [0.2, 0.25) is 0 Å². The molecule has 0 saturated heterocycles. The molecule has 0 aliphatic rings. The Hall–Kier alpha value is -2.04. The van der Waals surface area contributed by atoms with E-state index in [0.717, 1.165) is 24.3 Å². The molecular weight excluding hydrogens is 280 g/mol. The molecule has 0 unspecified atom stereocenters. The summed E-state index contributed by atoms with van der Waals surface area (Å²) in [4.78, 5) is 0. The maximum Gasteiger partial charge on any atom is 0.115 e. The molecule has 0 aliphatic carbocycles. The third-order valence-corrected chi connectivity index (χ3v) is 2.82. The third-order valence-electron chi connectivity index (χ3n) is 2.82. The average molecular weight is 304 g/mol. The molecule has 2 rings (SSSR count). The smallest absolute Gasteiger partial charge is 0.115 e. The molecule has 0 aliphatic heterocycles. The van der Waals surface area contributed by atoms with Crippen molar-refractivity contribution >= 4 is 0 Å². The minimum absolute atomic E-state index is 0.297. The summed E-state index contributed by atoms with van der Waals surface area (Å²) in [6, 6.07) is 14.1. The van der Waals surface area contributed by atoms with E-state index in [4.69, 9.17) is 19.7 Å². The molecule has 0 spiro atoms. The third kappa shape index (κ3) is 7.67. The molecule has 2 aromatic rings. The molecule has 0 saturated carbocycles. The van der Waals surface area contributed by atoms with E-state index in [2.05, 4.69) is 0 Å². The van der Waals surface area contributed by atoms with E-state index in [-0.39, 0.29) is 0 Å². The molecule has 0 amide bonds. The molecule has 4 nitrogen and oxygen atoms in total. The normalized spacial score (nSPS) is 9.91. The highest BCUT2D eigenvalue weighted by atomic mass is 16.5. The van der Waals surface area contributed by atoms with Crippen LogP contribution in [0.4, 0.5) is 0 Å². The fraction of sp³-hybridized carbons (Fsp3) is 0.333. The lowest BCUT2D eigenvalue weighted by atomic mass is 10.2. The van der Waals surface area contributed by atoms with E-state index in [1.807, 2.05) is 38.1 Å². The second-order valence-electron chi connectivity index (χ2n) is 4.61. The summed E-state index contributed by atoms with van der Waals surface area (Å²) in [5, 5.41) is 17.9. The molecule has 0 bridgehead atoms. The topological polar surface area (TPSA) is 58.9 Å². The van der Waals surface area contributed by atoms with Gasteiger partial charge >= 0.3 is 0 Å². The van der Waals surface area contributed by atoms with Crippen LogP contribution in [-0.4, -0.2) is 23.4 Å². The molecular formula is C18H24O4. The van der Waals surface area contributed by atoms with E-state index >= 15 is 0 Å². The summed E-state index contributed by atoms with van der Waals surface area (Å²) in [5.41, 5.74) is 2.18. The molecule has 0 atom stereocenters. The number of phenolic OH excluding ortho intramolecular Hbond substituents is 2. The largest absolute Gasteiger partial charge is 0.508 e. The fourth-order valence-corrected chi connectivity index (χ4v) is 1.62. The lowest BCUT2D eigenvalue weighted by molar-refractivity contribution is 0.134. The Kier molecular flexibility index (Phi) is 8.72. The summed E-state index contributed by atoms with van der Waals surface area (Å²) in [7, 11) is 0. The van der Waals surface area contributed by atoms with Gasteiger partial charge in [0.05, 0.1) is 13.2 Å². The first-order valence-corrected chi connectivity index (χ1v) is 7.37. The molecule has 4 heteroatoms. The number of ether oxygens (including phenoxy) is 2. The van der Waals surface area contributed by atoms with Crippen molar-refractivity contribution in [3.05, 3.63) is 59.7 Å². The van der Waals surface area contributed by atoms with Crippen molar-refractivity contribution in [3.63, 3.8) is 0 Å². The minimum atomic E-state index is 0.297. The van der Waals surface area contributed by atoms with Crippen molar-refractivity contribution in [3.8, 4) is 11.5 Å². The first-order valence-electron chi connectivity index (χ1n) is 7.37. The van der Waals surface area contributed by atoms with Crippen molar-refractivity contribution in [2.45, 2.75) is 27.1 Å². The van der Waals surface area contributed by atoms with E-state index in [0.29, 0.717) is 24.7 Å². The van der Waals surface area contributed by atoms with Crippen LogP contribution in [0.3, 0.4) is 0 Å². The Labute approximate surface area is 131 Å². The van der Waals surface area contributed by atoms with Crippen LogP contribution in [0.25, 0.3) is 0 Å². The average Bonchev–Trinajstić information content (AvgIpc) is 2.54. The highest BCUT2D eigenvalue weighted by molar-refractivity contribution is 5.25. The number of benzene rings is 2. The van der Waals surface area contributed by atoms with Crippen molar-refractivity contribution in [1.82, 2.24) is 0 Å². The van der Waals surface area contributed by atoms with Crippen LogP contribution in [0.15, 0.2) is 48.5 Å². The molecule has 2 N–H and O–H groups in total. The molecule has 120 valence electrons. The highest BCUT2D eigenvalue weighted by Crippen LogP contribution is 2.10. The lowest BCUT2D eigenvalue weighted by Gasteiger charge is -2.00. The minimum Gasteiger partial charge on any atom is -0.508 e. The van der Waals surface area contributed by atoms with E-state index < -0.39 is 0 Å². The SMILES string of the molecule is CCOCc1ccc(O)cc1.CCOCc1ccc(O)cc1. The summed E-state index contributed by atoms with van der Waals surface area (Å²) in [5.74, 6) is 0.593. The molecule has 22 heavy (non-hydrogen) atoms. The number of hydrogen-bond acceptors (Lipinski definition) is 4.